The van der Waals surface area contributed by atoms with Crippen molar-refractivity contribution in [2.75, 3.05) is 11.9 Å². The van der Waals surface area contributed by atoms with E-state index in [1.54, 1.807) is 12.1 Å². The Morgan fingerprint density at radius 2 is 1.80 bits per heavy atom. The molecule has 2 aromatic rings. The van der Waals surface area contributed by atoms with Gasteiger partial charge in [0.1, 0.15) is 5.75 Å². The van der Waals surface area contributed by atoms with Gasteiger partial charge >= 0.3 is 6.61 Å². The first kappa shape index (κ1) is 20.9. The third-order valence-electron chi connectivity index (χ3n) is 3.37. The molecule has 2 N–H and O–H groups in total. The van der Waals surface area contributed by atoms with Crippen LogP contribution in [0, 0.1) is 0 Å². The molecule has 0 aliphatic carbocycles. The van der Waals surface area contributed by atoms with Crippen LogP contribution in [0.4, 0.5) is 14.5 Å². The van der Waals surface area contributed by atoms with Gasteiger partial charge in [-0.3, -0.25) is 4.79 Å². The summed E-state index contributed by atoms with van der Waals surface area (Å²) in [6.45, 7) is 0.678. The molecule has 25 heavy (non-hydrogen) atoms. The molecule has 0 heterocycles. The fourth-order valence-corrected chi connectivity index (χ4v) is 2.22. The topological polar surface area (TPSA) is 50.4 Å². The Labute approximate surface area is 152 Å². The van der Waals surface area contributed by atoms with Gasteiger partial charge in [0.2, 0.25) is 5.91 Å². The molecular formula is C18H21ClF2N2O2. The third-order valence-corrected chi connectivity index (χ3v) is 3.37. The molecule has 0 spiro atoms. The molecule has 0 atom stereocenters. The van der Waals surface area contributed by atoms with Gasteiger partial charge in [0.05, 0.1) is 6.42 Å². The molecule has 0 aliphatic heterocycles. The average molecular weight is 371 g/mol. The number of hydrogen-bond acceptors (Lipinski definition) is 3. The maximum atomic E-state index is 12.2. The average Bonchev–Trinajstić information content (AvgIpc) is 2.55. The van der Waals surface area contributed by atoms with E-state index >= 15 is 0 Å². The van der Waals surface area contributed by atoms with Gasteiger partial charge in [-0.05, 0) is 35.9 Å². The molecule has 0 aliphatic rings. The number of ether oxygens (including phenoxy) is 1. The van der Waals surface area contributed by atoms with Crippen LogP contribution in [0.1, 0.15) is 18.1 Å². The van der Waals surface area contributed by atoms with Crippen LogP contribution in [0.2, 0.25) is 0 Å². The van der Waals surface area contributed by atoms with Gasteiger partial charge in [0.25, 0.3) is 0 Å². The van der Waals surface area contributed by atoms with Crippen LogP contribution < -0.4 is 15.4 Å². The zero-order chi connectivity index (χ0) is 17.4. The molecular weight excluding hydrogens is 350 g/mol. The van der Waals surface area contributed by atoms with Crippen LogP contribution in [-0.2, 0) is 17.8 Å². The van der Waals surface area contributed by atoms with Crippen LogP contribution in [0.3, 0.4) is 0 Å². The van der Waals surface area contributed by atoms with Crippen molar-refractivity contribution in [3.8, 4) is 5.75 Å². The number of amides is 1. The van der Waals surface area contributed by atoms with Gasteiger partial charge in [0.15, 0.2) is 0 Å². The lowest BCUT2D eigenvalue weighted by molar-refractivity contribution is -0.115. The molecule has 4 nitrogen and oxygen atoms in total. The minimum absolute atomic E-state index is 0. The Balaban J connectivity index is 0.00000312. The number of nitrogens with one attached hydrogen (secondary N) is 2. The van der Waals surface area contributed by atoms with Gasteiger partial charge < -0.3 is 15.4 Å². The number of rotatable bonds is 8. The zero-order valence-corrected chi connectivity index (χ0v) is 14.6. The molecule has 7 heteroatoms. The highest BCUT2D eigenvalue weighted by Gasteiger charge is 2.08. The number of benzene rings is 2. The summed E-state index contributed by atoms with van der Waals surface area (Å²) in [5, 5.41) is 6.11. The van der Waals surface area contributed by atoms with E-state index in [0.717, 1.165) is 23.4 Å². The van der Waals surface area contributed by atoms with Crippen molar-refractivity contribution < 1.29 is 18.3 Å². The summed E-state index contributed by atoms with van der Waals surface area (Å²) in [6.07, 6.45) is 0.157. The highest BCUT2D eigenvalue weighted by Crippen LogP contribution is 2.17. The lowest BCUT2D eigenvalue weighted by Gasteiger charge is -2.11. The first-order valence-corrected chi connectivity index (χ1v) is 7.70. The Morgan fingerprint density at radius 3 is 2.44 bits per heavy atom. The van der Waals surface area contributed by atoms with E-state index in [1.807, 2.05) is 31.2 Å². The second kappa shape index (κ2) is 10.6. The van der Waals surface area contributed by atoms with E-state index in [1.165, 1.54) is 12.1 Å². The van der Waals surface area contributed by atoms with Crippen LogP contribution >= 0.6 is 12.4 Å². The number of carbonyl (C=O) groups excluding carboxylic acids is 1. The number of para-hydroxylation sites is 1. The van der Waals surface area contributed by atoms with Crippen LogP contribution in [0.15, 0.2) is 48.5 Å². The van der Waals surface area contributed by atoms with Crippen LogP contribution in [0.5, 0.6) is 5.75 Å². The van der Waals surface area contributed by atoms with E-state index in [2.05, 4.69) is 15.4 Å². The monoisotopic (exact) mass is 370 g/mol. The molecule has 1 amide bonds. The fourth-order valence-electron chi connectivity index (χ4n) is 2.22. The Hall–Kier alpha value is -2.18. The standard InChI is InChI=1S/C18H20F2N2O2.ClH/c1-2-21-12-14-5-3-4-6-16(14)22-17(23)11-13-7-9-15(10-8-13)24-18(19)20;/h3-10,18,21H,2,11-12H2,1H3,(H,22,23);1H. The molecule has 0 saturated heterocycles. The van der Waals surface area contributed by atoms with E-state index in [-0.39, 0.29) is 30.5 Å². The van der Waals surface area contributed by atoms with Crippen molar-refractivity contribution >= 4 is 24.0 Å². The first-order chi connectivity index (χ1) is 11.6. The summed E-state index contributed by atoms with van der Waals surface area (Å²) in [6, 6.07) is 13.6. The highest BCUT2D eigenvalue weighted by atomic mass is 35.5. The van der Waals surface area contributed by atoms with Crippen molar-refractivity contribution in [3.05, 3.63) is 59.7 Å². The SMILES string of the molecule is CCNCc1ccccc1NC(=O)Cc1ccc(OC(F)F)cc1.Cl. The van der Waals surface area contributed by atoms with E-state index in [0.29, 0.717) is 6.54 Å². The molecule has 0 aromatic heterocycles. The second-order valence-electron chi connectivity index (χ2n) is 5.18. The summed E-state index contributed by atoms with van der Waals surface area (Å²) in [5.74, 6) is -0.0911. The molecule has 0 unspecified atom stereocenters. The number of halogens is 3. The largest absolute Gasteiger partial charge is 0.435 e. The quantitative estimate of drug-likeness (QED) is 0.738. The van der Waals surface area contributed by atoms with Gasteiger partial charge in [-0.2, -0.15) is 8.78 Å². The molecule has 2 rings (SSSR count). The Kier molecular flexibility index (Phi) is 8.88. The summed E-state index contributed by atoms with van der Waals surface area (Å²) in [7, 11) is 0. The lowest BCUT2D eigenvalue weighted by atomic mass is 10.1. The van der Waals surface area contributed by atoms with E-state index in [4.69, 9.17) is 0 Å². The summed E-state index contributed by atoms with van der Waals surface area (Å²) in [4.78, 5) is 12.2. The normalized spacial score (nSPS) is 10.2. The number of carbonyl (C=O) groups is 1. The second-order valence-corrected chi connectivity index (χ2v) is 5.18. The molecule has 2 aromatic carbocycles. The lowest BCUT2D eigenvalue weighted by Crippen LogP contribution is -2.18. The number of anilines is 1. The first-order valence-electron chi connectivity index (χ1n) is 7.70. The molecule has 0 radical (unpaired) electrons. The zero-order valence-electron chi connectivity index (χ0n) is 13.8. The maximum absolute atomic E-state index is 12.2. The van der Waals surface area contributed by atoms with Crippen molar-refractivity contribution in [3.63, 3.8) is 0 Å². The van der Waals surface area contributed by atoms with Crippen molar-refractivity contribution in [2.45, 2.75) is 26.5 Å². The Morgan fingerprint density at radius 1 is 1.12 bits per heavy atom. The smallest absolute Gasteiger partial charge is 0.387 e. The van der Waals surface area contributed by atoms with Gasteiger partial charge in [-0.15, -0.1) is 12.4 Å². The number of hydrogen-bond donors (Lipinski definition) is 2. The highest BCUT2D eigenvalue weighted by molar-refractivity contribution is 5.93. The molecule has 0 fully saturated rings. The minimum Gasteiger partial charge on any atom is -0.435 e. The summed E-state index contributed by atoms with van der Waals surface area (Å²) in [5.41, 5.74) is 2.49. The fraction of sp³-hybridized carbons (Fsp3) is 0.278. The summed E-state index contributed by atoms with van der Waals surface area (Å²) >= 11 is 0. The number of alkyl halides is 2. The van der Waals surface area contributed by atoms with E-state index < -0.39 is 6.61 Å². The van der Waals surface area contributed by atoms with Gasteiger partial charge in [-0.1, -0.05) is 37.3 Å². The van der Waals surface area contributed by atoms with E-state index in [9.17, 15) is 13.6 Å². The van der Waals surface area contributed by atoms with Gasteiger partial charge in [0, 0.05) is 12.2 Å². The minimum atomic E-state index is -2.85. The van der Waals surface area contributed by atoms with Crippen molar-refractivity contribution in [1.29, 1.82) is 0 Å². The van der Waals surface area contributed by atoms with Gasteiger partial charge in [-0.25, -0.2) is 0 Å². The van der Waals surface area contributed by atoms with Crippen molar-refractivity contribution in [2.24, 2.45) is 0 Å². The van der Waals surface area contributed by atoms with Crippen molar-refractivity contribution in [1.82, 2.24) is 5.32 Å². The maximum Gasteiger partial charge on any atom is 0.387 e. The predicted molar refractivity (Wildman–Crippen MR) is 96.5 cm³/mol. The summed E-state index contributed by atoms with van der Waals surface area (Å²) < 4.78 is 28.5. The van der Waals surface area contributed by atoms with Crippen LogP contribution in [0.25, 0.3) is 0 Å². The predicted octanol–water partition coefficient (Wildman–Crippen LogP) is 4.00. The molecule has 0 bridgehead atoms. The Bertz CT molecular complexity index is 666. The molecule has 136 valence electrons. The van der Waals surface area contributed by atoms with Crippen LogP contribution in [-0.4, -0.2) is 19.1 Å². The third kappa shape index (κ3) is 7.07. The molecule has 0 saturated carbocycles.